The fourth-order valence-corrected chi connectivity index (χ4v) is 3.50. The third kappa shape index (κ3) is 3.40. The monoisotopic (exact) mass is 265 g/mol. The molecule has 0 amide bonds. The first kappa shape index (κ1) is 14.4. The summed E-state index contributed by atoms with van der Waals surface area (Å²) in [7, 11) is -1.86. The Morgan fingerprint density at radius 1 is 1.59 bits per heavy atom. The fraction of sp³-hybridized carbons (Fsp3) is 0.900. The van der Waals surface area contributed by atoms with Crippen LogP contribution in [-0.2, 0) is 19.6 Å². The van der Waals surface area contributed by atoms with Gasteiger partial charge < -0.3 is 9.84 Å². The SMILES string of the molecule is COCCC(C)S(=O)(=O)N1CCC(C(=O)O)C1. The van der Waals surface area contributed by atoms with Gasteiger partial charge in [0.2, 0.25) is 10.0 Å². The van der Waals surface area contributed by atoms with E-state index < -0.39 is 27.2 Å². The summed E-state index contributed by atoms with van der Waals surface area (Å²) in [5.41, 5.74) is 0. The van der Waals surface area contributed by atoms with Crippen molar-refractivity contribution < 1.29 is 23.1 Å². The van der Waals surface area contributed by atoms with E-state index in [0.717, 1.165) is 0 Å². The van der Waals surface area contributed by atoms with Crippen molar-refractivity contribution in [3.63, 3.8) is 0 Å². The Morgan fingerprint density at radius 2 is 2.24 bits per heavy atom. The minimum absolute atomic E-state index is 0.0923. The van der Waals surface area contributed by atoms with E-state index in [9.17, 15) is 13.2 Å². The Morgan fingerprint density at radius 3 is 2.71 bits per heavy atom. The normalized spacial score (nSPS) is 23.8. The maximum atomic E-state index is 12.1. The third-order valence-corrected chi connectivity index (χ3v) is 5.40. The van der Waals surface area contributed by atoms with Crippen LogP contribution >= 0.6 is 0 Å². The van der Waals surface area contributed by atoms with Crippen molar-refractivity contribution in [3.05, 3.63) is 0 Å². The van der Waals surface area contributed by atoms with E-state index in [2.05, 4.69) is 0 Å². The van der Waals surface area contributed by atoms with E-state index >= 15 is 0 Å². The number of nitrogens with zero attached hydrogens (tertiary/aromatic N) is 1. The zero-order chi connectivity index (χ0) is 13.1. The maximum absolute atomic E-state index is 12.1. The molecule has 17 heavy (non-hydrogen) atoms. The zero-order valence-electron chi connectivity index (χ0n) is 10.1. The second kappa shape index (κ2) is 5.79. The fourth-order valence-electron chi connectivity index (χ4n) is 1.85. The number of aliphatic carboxylic acids is 1. The highest BCUT2D eigenvalue weighted by atomic mass is 32.2. The third-order valence-electron chi connectivity index (χ3n) is 3.10. The molecule has 0 bridgehead atoms. The van der Waals surface area contributed by atoms with Crippen LogP contribution in [0.25, 0.3) is 0 Å². The summed E-state index contributed by atoms with van der Waals surface area (Å²) in [5.74, 6) is -1.49. The minimum atomic E-state index is -3.39. The van der Waals surface area contributed by atoms with Crippen molar-refractivity contribution in [3.8, 4) is 0 Å². The molecule has 0 aromatic carbocycles. The van der Waals surface area contributed by atoms with Crippen LogP contribution in [0.4, 0.5) is 0 Å². The predicted molar refractivity (Wildman–Crippen MR) is 62.2 cm³/mol. The Kier molecular flexibility index (Phi) is 4.91. The molecule has 100 valence electrons. The molecule has 1 aliphatic heterocycles. The molecule has 2 unspecified atom stereocenters. The number of ether oxygens (including phenoxy) is 1. The molecule has 1 N–H and O–H groups in total. The van der Waals surface area contributed by atoms with Crippen LogP contribution in [0.5, 0.6) is 0 Å². The first-order valence-electron chi connectivity index (χ1n) is 5.60. The molecule has 1 heterocycles. The van der Waals surface area contributed by atoms with Gasteiger partial charge in [0.25, 0.3) is 0 Å². The quantitative estimate of drug-likeness (QED) is 0.739. The Bertz CT molecular complexity index is 367. The number of carbonyl (C=O) groups is 1. The van der Waals surface area contributed by atoms with Crippen molar-refractivity contribution in [1.29, 1.82) is 0 Å². The zero-order valence-corrected chi connectivity index (χ0v) is 10.9. The molecule has 7 heteroatoms. The molecule has 1 aliphatic rings. The summed E-state index contributed by atoms with van der Waals surface area (Å²) in [6.07, 6.45) is 0.818. The van der Waals surface area contributed by atoms with Crippen LogP contribution in [0, 0.1) is 5.92 Å². The lowest BCUT2D eigenvalue weighted by Crippen LogP contribution is -2.37. The average molecular weight is 265 g/mol. The lowest BCUT2D eigenvalue weighted by Gasteiger charge is -2.21. The van der Waals surface area contributed by atoms with Crippen LogP contribution in [0.2, 0.25) is 0 Å². The molecule has 0 saturated carbocycles. The second-order valence-electron chi connectivity index (χ2n) is 4.32. The molecule has 6 nitrogen and oxygen atoms in total. The minimum Gasteiger partial charge on any atom is -0.481 e. The first-order chi connectivity index (χ1) is 7.89. The summed E-state index contributed by atoms with van der Waals surface area (Å²) in [4.78, 5) is 10.8. The highest BCUT2D eigenvalue weighted by Crippen LogP contribution is 2.23. The number of carboxylic acids is 1. The summed E-state index contributed by atoms with van der Waals surface area (Å²) in [6, 6.07) is 0. The molecular formula is C10H19NO5S. The highest BCUT2D eigenvalue weighted by Gasteiger charge is 2.37. The topological polar surface area (TPSA) is 83.9 Å². The van der Waals surface area contributed by atoms with E-state index in [0.29, 0.717) is 26.0 Å². The molecule has 2 atom stereocenters. The van der Waals surface area contributed by atoms with Crippen molar-refractivity contribution in [1.82, 2.24) is 4.31 Å². The molecule has 0 aromatic rings. The number of hydrogen-bond acceptors (Lipinski definition) is 4. The summed E-state index contributed by atoms with van der Waals surface area (Å²) < 4.78 is 30.3. The van der Waals surface area contributed by atoms with Gasteiger partial charge in [0, 0.05) is 26.8 Å². The molecule has 0 radical (unpaired) electrons. The molecule has 1 saturated heterocycles. The largest absolute Gasteiger partial charge is 0.481 e. The first-order valence-corrected chi connectivity index (χ1v) is 7.10. The lowest BCUT2D eigenvalue weighted by atomic mass is 10.1. The van der Waals surface area contributed by atoms with Crippen LogP contribution in [0.1, 0.15) is 19.8 Å². The number of sulfonamides is 1. The lowest BCUT2D eigenvalue weighted by molar-refractivity contribution is -0.141. The van der Waals surface area contributed by atoms with E-state index in [-0.39, 0.29) is 6.54 Å². The molecular weight excluding hydrogens is 246 g/mol. The molecule has 1 fully saturated rings. The maximum Gasteiger partial charge on any atom is 0.307 e. The van der Waals surface area contributed by atoms with Crippen LogP contribution in [0.3, 0.4) is 0 Å². The Hall–Kier alpha value is -0.660. The van der Waals surface area contributed by atoms with E-state index in [1.165, 1.54) is 11.4 Å². The van der Waals surface area contributed by atoms with E-state index in [4.69, 9.17) is 9.84 Å². The molecule has 0 spiro atoms. The van der Waals surface area contributed by atoms with Gasteiger partial charge in [0.05, 0.1) is 11.2 Å². The van der Waals surface area contributed by atoms with Gasteiger partial charge in [-0.1, -0.05) is 0 Å². The van der Waals surface area contributed by atoms with Gasteiger partial charge in [0.15, 0.2) is 0 Å². The summed E-state index contributed by atoms with van der Waals surface area (Å²) in [5, 5.41) is 8.30. The number of hydrogen-bond donors (Lipinski definition) is 1. The van der Waals surface area contributed by atoms with Crippen molar-refractivity contribution in [2.24, 2.45) is 5.92 Å². The number of carboxylic acid groups (broad SMARTS) is 1. The van der Waals surface area contributed by atoms with E-state index in [1.807, 2.05) is 0 Å². The smallest absolute Gasteiger partial charge is 0.307 e. The second-order valence-corrected chi connectivity index (χ2v) is 6.67. The standard InChI is InChI=1S/C10H19NO5S/c1-8(4-6-16-2)17(14,15)11-5-3-9(7-11)10(12)13/h8-9H,3-7H2,1-2H3,(H,12,13). The molecule has 0 aromatic heterocycles. The van der Waals surface area contributed by atoms with E-state index in [1.54, 1.807) is 6.92 Å². The van der Waals surface area contributed by atoms with Crippen LogP contribution < -0.4 is 0 Å². The van der Waals surface area contributed by atoms with Gasteiger partial charge in [-0.15, -0.1) is 0 Å². The van der Waals surface area contributed by atoms with Crippen molar-refractivity contribution in [2.75, 3.05) is 26.8 Å². The van der Waals surface area contributed by atoms with Crippen LogP contribution in [-0.4, -0.2) is 55.9 Å². The van der Waals surface area contributed by atoms with Gasteiger partial charge in [-0.05, 0) is 19.8 Å². The number of rotatable bonds is 6. The van der Waals surface area contributed by atoms with Crippen molar-refractivity contribution in [2.45, 2.75) is 25.0 Å². The molecule has 0 aliphatic carbocycles. The summed E-state index contributed by atoms with van der Waals surface area (Å²) >= 11 is 0. The summed E-state index contributed by atoms with van der Waals surface area (Å²) in [6.45, 7) is 2.41. The van der Waals surface area contributed by atoms with Gasteiger partial charge in [-0.25, -0.2) is 12.7 Å². The van der Waals surface area contributed by atoms with Gasteiger partial charge in [-0.3, -0.25) is 4.79 Å². The Balaban J connectivity index is 2.63. The number of methoxy groups -OCH3 is 1. The average Bonchev–Trinajstić information content (AvgIpc) is 2.75. The van der Waals surface area contributed by atoms with Gasteiger partial charge >= 0.3 is 5.97 Å². The predicted octanol–water partition coefficient (Wildman–Crippen LogP) is 0.148. The van der Waals surface area contributed by atoms with Crippen molar-refractivity contribution >= 4 is 16.0 Å². The van der Waals surface area contributed by atoms with Gasteiger partial charge in [0.1, 0.15) is 0 Å². The van der Waals surface area contributed by atoms with Gasteiger partial charge in [-0.2, -0.15) is 0 Å². The highest BCUT2D eigenvalue weighted by molar-refractivity contribution is 7.89. The Labute approximate surface area is 102 Å². The molecule has 1 rings (SSSR count). The van der Waals surface area contributed by atoms with Crippen LogP contribution in [0.15, 0.2) is 0 Å².